The van der Waals surface area contributed by atoms with Crippen LogP contribution in [-0.4, -0.2) is 46.7 Å². The van der Waals surface area contributed by atoms with Gasteiger partial charge in [0.1, 0.15) is 24.0 Å². The molecule has 1 saturated heterocycles. The van der Waals surface area contributed by atoms with Gasteiger partial charge >= 0.3 is 6.03 Å². The molecule has 2 N–H and O–H groups in total. The van der Waals surface area contributed by atoms with Crippen molar-refractivity contribution in [1.29, 1.82) is 0 Å². The van der Waals surface area contributed by atoms with Crippen molar-refractivity contribution in [3.05, 3.63) is 29.3 Å². The van der Waals surface area contributed by atoms with Crippen molar-refractivity contribution >= 4 is 11.9 Å². The molecule has 0 bridgehead atoms. The molecule has 0 saturated carbocycles. The number of nitrogens with one attached hydrogen (secondary N) is 1. The van der Waals surface area contributed by atoms with E-state index in [2.05, 4.69) is 5.32 Å². The van der Waals surface area contributed by atoms with E-state index in [4.69, 9.17) is 4.74 Å². The predicted octanol–water partition coefficient (Wildman–Crippen LogP) is 2.15. The SMILES string of the molecule is CCC1(CC)NC(=O)N(CC(O)COc2cc(C)cc(C)c2)C1=O. The average Bonchev–Trinajstić information content (AvgIpc) is 2.77. The van der Waals surface area contributed by atoms with Gasteiger partial charge in [-0.1, -0.05) is 19.9 Å². The lowest BCUT2D eigenvalue weighted by Gasteiger charge is -2.24. The number of hydrogen-bond donors (Lipinski definition) is 2. The molecule has 1 fully saturated rings. The van der Waals surface area contributed by atoms with Crippen molar-refractivity contribution < 1.29 is 19.4 Å². The third kappa shape index (κ3) is 3.70. The molecular weight excluding hydrogens is 308 g/mol. The summed E-state index contributed by atoms with van der Waals surface area (Å²) < 4.78 is 5.60. The number of amides is 3. The topological polar surface area (TPSA) is 78.9 Å². The number of ether oxygens (including phenoxy) is 1. The first-order valence-corrected chi connectivity index (χ1v) is 8.34. The molecule has 0 aromatic heterocycles. The largest absolute Gasteiger partial charge is 0.491 e. The van der Waals surface area contributed by atoms with Crippen molar-refractivity contribution in [3.8, 4) is 5.75 Å². The fourth-order valence-electron chi connectivity index (χ4n) is 3.04. The molecule has 1 aliphatic heterocycles. The number of hydrogen-bond acceptors (Lipinski definition) is 4. The fourth-order valence-corrected chi connectivity index (χ4v) is 3.04. The number of carbonyl (C=O) groups excluding carboxylic acids is 2. The van der Waals surface area contributed by atoms with Crippen LogP contribution in [0.15, 0.2) is 18.2 Å². The number of aryl methyl sites for hydroxylation is 2. The van der Waals surface area contributed by atoms with E-state index in [1.54, 1.807) is 0 Å². The Labute approximate surface area is 142 Å². The highest BCUT2D eigenvalue weighted by atomic mass is 16.5. The number of carbonyl (C=O) groups is 2. The highest BCUT2D eigenvalue weighted by Gasteiger charge is 2.48. The summed E-state index contributed by atoms with van der Waals surface area (Å²) in [7, 11) is 0. The minimum absolute atomic E-state index is 0.0191. The quantitative estimate of drug-likeness (QED) is 0.749. The van der Waals surface area contributed by atoms with Crippen molar-refractivity contribution in [1.82, 2.24) is 10.2 Å². The van der Waals surface area contributed by atoms with E-state index in [0.29, 0.717) is 18.6 Å². The molecule has 1 aromatic carbocycles. The number of benzene rings is 1. The van der Waals surface area contributed by atoms with Gasteiger partial charge in [-0.2, -0.15) is 0 Å². The smallest absolute Gasteiger partial charge is 0.325 e. The van der Waals surface area contributed by atoms with Crippen LogP contribution in [0.5, 0.6) is 5.75 Å². The lowest BCUT2D eigenvalue weighted by atomic mass is 9.93. The van der Waals surface area contributed by atoms with Crippen molar-refractivity contribution in [2.24, 2.45) is 0 Å². The second-order valence-corrected chi connectivity index (χ2v) is 6.42. The maximum absolute atomic E-state index is 12.5. The zero-order valence-electron chi connectivity index (χ0n) is 14.8. The third-order valence-electron chi connectivity index (χ3n) is 4.48. The lowest BCUT2D eigenvalue weighted by molar-refractivity contribution is -0.132. The van der Waals surface area contributed by atoms with Gasteiger partial charge in [0.05, 0.1) is 6.54 Å². The number of β-amino-alcohol motifs (C(OH)–C–C–N with tert-alkyl or cyclic N) is 1. The molecule has 0 aliphatic carbocycles. The Kier molecular flexibility index (Phi) is 5.49. The molecule has 24 heavy (non-hydrogen) atoms. The van der Waals surface area contributed by atoms with Crippen LogP contribution in [0.25, 0.3) is 0 Å². The summed E-state index contributed by atoms with van der Waals surface area (Å²) in [6, 6.07) is 5.35. The van der Waals surface area contributed by atoms with Gasteiger partial charge in [0.2, 0.25) is 0 Å². The van der Waals surface area contributed by atoms with Crippen LogP contribution in [-0.2, 0) is 4.79 Å². The summed E-state index contributed by atoms with van der Waals surface area (Å²) in [5.41, 5.74) is 1.30. The van der Waals surface area contributed by atoms with E-state index in [9.17, 15) is 14.7 Å². The summed E-state index contributed by atoms with van der Waals surface area (Å²) >= 11 is 0. The Hall–Kier alpha value is -2.08. The Bertz CT molecular complexity index is 605. The highest BCUT2D eigenvalue weighted by molar-refractivity contribution is 6.07. The van der Waals surface area contributed by atoms with E-state index in [0.717, 1.165) is 16.0 Å². The normalized spacial score (nSPS) is 17.8. The van der Waals surface area contributed by atoms with Gasteiger partial charge in [0.15, 0.2) is 0 Å². The molecule has 0 radical (unpaired) electrons. The number of imide groups is 1. The van der Waals surface area contributed by atoms with Crippen LogP contribution in [0.4, 0.5) is 4.79 Å². The number of urea groups is 1. The van der Waals surface area contributed by atoms with Crippen molar-refractivity contribution in [2.45, 2.75) is 52.2 Å². The first-order chi connectivity index (χ1) is 11.3. The number of aliphatic hydroxyl groups is 1. The summed E-state index contributed by atoms with van der Waals surface area (Å²) in [5, 5.41) is 12.9. The molecule has 1 unspecified atom stereocenters. The first kappa shape index (κ1) is 18.3. The zero-order chi connectivity index (χ0) is 17.9. The Balaban J connectivity index is 1.96. The number of nitrogens with zero attached hydrogens (tertiary/aromatic N) is 1. The van der Waals surface area contributed by atoms with Gasteiger partial charge in [-0.25, -0.2) is 4.79 Å². The monoisotopic (exact) mass is 334 g/mol. The molecule has 1 atom stereocenters. The highest BCUT2D eigenvalue weighted by Crippen LogP contribution is 2.25. The van der Waals surface area contributed by atoms with E-state index in [1.165, 1.54) is 0 Å². The van der Waals surface area contributed by atoms with Gasteiger partial charge in [-0.15, -0.1) is 0 Å². The molecule has 0 spiro atoms. The van der Waals surface area contributed by atoms with Crippen LogP contribution in [0.2, 0.25) is 0 Å². The van der Waals surface area contributed by atoms with Gasteiger partial charge in [0, 0.05) is 0 Å². The third-order valence-corrected chi connectivity index (χ3v) is 4.48. The minimum atomic E-state index is -0.940. The number of rotatable bonds is 7. The minimum Gasteiger partial charge on any atom is -0.491 e. The first-order valence-electron chi connectivity index (χ1n) is 8.34. The van der Waals surface area contributed by atoms with Crippen LogP contribution in [0.3, 0.4) is 0 Å². The maximum Gasteiger partial charge on any atom is 0.325 e. The van der Waals surface area contributed by atoms with Crippen LogP contribution < -0.4 is 10.1 Å². The number of aliphatic hydroxyl groups excluding tert-OH is 1. The van der Waals surface area contributed by atoms with Gasteiger partial charge in [0.25, 0.3) is 5.91 Å². The second-order valence-electron chi connectivity index (χ2n) is 6.42. The zero-order valence-corrected chi connectivity index (χ0v) is 14.8. The van der Waals surface area contributed by atoms with Gasteiger partial charge < -0.3 is 15.2 Å². The second kappa shape index (κ2) is 7.21. The summed E-state index contributed by atoms with van der Waals surface area (Å²) in [6.45, 7) is 7.62. The Morgan fingerprint density at radius 1 is 1.17 bits per heavy atom. The molecule has 132 valence electrons. The predicted molar refractivity (Wildman–Crippen MR) is 91.0 cm³/mol. The maximum atomic E-state index is 12.5. The summed E-state index contributed by atoms with van der Waals surface area (Å²) in [6.07, 6.45) is 0.115. The van der Waals surface area contributed by atoms with E-state index < -0.39 is 17.7 Å². The Morgan fingerprint density at radius 3 is 2.25 bits per heavy atom. The van der Waals surface area contributed by atoms with Crippen LogP contribution in [0.1, 0.15) is 37.8 Å². The Morgan fingerprint density at radius 2 is 1.75 bits per heavy atom. The molecule has 1 aliphatic rings. The molecule has 3 amide bonds. The molecule has 2 rings (SSSR count). The van der Waals surface area contributed by atoms with Crippen molar-refractivity contribution in [2.75, 3.05) is 13.2 Å². The molecule has 1 heterocycles. The molecule has 6 nitrogen and oxygen atoms in total. The van der Waals surface area contributed by atoms with Crippen LogP contribution >= 0.6 is 0 Å². The van der Waals surface area contributed by atoms with E-state index >= 15 is 0 Å². The van der Waals surface area contributed by atoms with E-state index in [-0.39, 0.29) is 19.1 Å². The average molecular weight is 334 g/mol. The molecular formula is C18H26N2O4. The fraction of sp³-hybridized carbons (Fsp3) is 0.556. The van der Waals surface area contributed by atoms with Crippen molar-refractivity contribution in [3.63, 3.8) is 0 Å². The standard InChI is InChI=1S/C18H26N2O4/c1-5-18(6-2)16(22)20(17(23)19-18)10-14(21)11-24-15-8-12(3)7-13(4)9-15/h7-9,14,21H,5-6,10-11H2,1-4H3,(H,19,23). The summed E-state index contributed by atoms with van der Waals surface area (Å²) in [4.78, 5) is 25.6. The molecule has 1 aromatic rings. The van der Waals surface area contributed by atoms with Gasteiger partial charge in [-0.05, 0) is 49.9 Å². The van der Waals surface area contributed by atoms with Gasteiger partial charge in [-0.3, -0.25) is 9.69 Å². The van der Waals surface area contributed by atoms with Crippen LogP contribution in [0, 0.1) is 13.8 Å². The summed E-state index contributed by atoms with van der Waals surface area (Å²) in [5.74, 6) is 0.392. The lowest BCUT2D eigenvalue weighted by Crippen LogP contribution is -2.46. The molecule has 6 heteroatoms. The van der Waals surface area contributed by atoms with E-state index in [1.807, 2.05) is 45.9 Å².